The van der Waals surface area contributed by atoms with Gasteiger partial charge in [-0.2, -0.15) is 0 Å². The largest absolute Gasteiger partial charge is 0.497 e. The number of amides is 1. The van der Waals surface area contributed by atoms with Gasteiger partial charge in [0.25, 0.3) is 5.91 Å². The number of morpholine rings is 1. The van der Waals surface area contributed by atoms with Crippen molar-refractivity contribution in [2.24, 2.45) is 0 Å². The van der Waals surface area contributed by atoms with Crippen molar-refractivity contribution in [2.45, 2.75) is 12.6 Å². The van der Waals surface area contributed by atoms with E-state index in [0.29, 0.717) is 12.2 Å². The standard InChI is InChI=1S/C20H28N4O3S/c1-23(2)18(15-4-6-16(26-3)7-5-15)12-21-20(25)17-14-28-19(22-17)13-24-8-10-27-11-9-24/h4-7,14,18H,8-13H2,1-3H3,(H,21,25). The van der Waals surface area contributed by atoms with Crippen LogP contribution in [0.3, 0.4) is 0 Å². The van der Waals surface area contributed by atoms with Crippen molar-refractivity contribution < 1.29 is 14.3 Å². The van der Waals surface area contributed by atoms with Crippen LogP contribution in [-0.2, 0) is 11.3 Å². The third-order valence-corrected chi connectivity index (χ3v) is 5.66. The number of thiazole rings is 1. The van der Waals surface area contributed by atoms with Crippen LogP contribution in [0, 0.1) is 0 Å². The molecule has 1 aromatic carbocycles. The second-order valence-corrected chi connectivity index (χ2v) is 7.92. The molecule has 1 atom stereocenters. The molecular weight excluding hydrogens is 376 g/mol. The monoisotopic (exact) mass is 404 g/mol. The molecule has 152 valence electrons. The molecule has 28 heavy (non-hydrogen) atoms. The highest BCUT2D eigenvalue weighted by Gasteiger charge is 2.18. The normalized spacial score (nSPS) is 16.1. The maximum absolute atomic E-state index is 12.6. The summed E-state index contributed by atoms with van der Waals surface area (Å²) in [6.45, 7) is 4.62. The van der Waals surface area contributed by atoms with Crippen LogP contribution in [-0.4, -0.2) is 74.7 Å². The van der Waals surface area contributed by atoms with Crippen LogP contribution >= 0.6 is 11.3 Å². The van der Waals surface area contributed by atoms with E-state index in [1.807, 2.05) is 43.7 Å². The lowest BCUT2D eigenvalue weighted by atomic mass is 10.1. The van der Waals surface area contributed by atoms with Crippen LogP contribution in [0.1, 0.15) is 27.1 Å². The van der Waals surface area contributed by atoms with Crippen molar-refractivity contribution in [1.82, 2.24) is 20.1 Å². The van der Waals surface area contributed by atoms with E-state index in [1.54, 1.807) is 7.11 Å². The van der Waals surface area contributed by atoms with Crippen molar-refractivity contribution in [1.29, 1.82) is 0 Å². The number of aromatic nitrogens is 1. The summed E-state index contributed by atoms with van der Waals surface area (Å²) >= 11 is 1.53. The zero-order chi connectivity index (χ0) is 19.9. The van der Waals surface area contributed by atoms with Gasteiger partial charge in [0, 0.05) is 25.0 Å². The number of likely N-dealkylation sites (N-methyl/N-ethyl adjacent to an activating group) is 1. The molecule has 0 bridgehead atoms. The molecule has 8 heteroatoms. The average molecular weight is 405 g/mol. The Morgan fingerprint density at radius 2 is 2.04 bits per heavy atom. The third-order valence-electron chi connectivity index (χ3n) is 4.83. The molecule has 1 unspecified atom stereocenters. The van der Waals surface area contributed by atoms with Gasteiger partial charge >= 0.3 is 0 Å². The van der Waals surface area contributed by atoms with E-state index in [1.165, 1.54) is 11.3 Å². The summed E-state index contributed by atoms with van der Waals surface area (Å²) in [5.74, 6) is 0.686. The first-order valence-electron chi connectivity index (χ1n) is 9.40. The van der Waals surface area contributed by atoms with Gasteiger partial charge in [0.15, 0.2) is 0 Å². The first-order chi connectivity index (χ1) is 13.6. The Bertz CT molecular complexity index is 757. The highest BCUT2D eigenvalue weighted by molar-refractivity contribution is 7.09. The molecule has 1 fully saturated rings. The molecule has 1 aromatic heterocycles. The Labute approximate surface area is 170 Å². The molecular formula is C20H28N4O3S. The lowest BCUT2D eigenvalue weighted by Crippen LogP contribution is -2.36. The van der Waals surface area contributed by atoms with E-state index in [-0.39, 0.29) is 11.9 Å². The van der Waals surface area contributed by atoms with Gasteiger partial charge in [-0.3, -0.25) is 9.69 Å². The lowest BCUT2D eigenvalue weighted by molar-refractivity contribution is 0.0341. The molecule has 2 heterocycles. The van der Waals surface area contributed by atoms with Crippen LogP contribution in [0.5, 0.6) is 5.75 Å². The first kappa shape index (κ1) is 20.7. The second kappa shape index (κ2) is 9.97. The van der Waals surface area contributed by atoms with Gasteiger partial charge in [-0.25, -0.2) is 4.98 Å². The first-order valence-corrected chi connectivity index (χ1v) is 10.3. The lowest BCUT2D eigenvalue weighted by Gasteiger charge is -2.25. The molecule has 0 radical (unpaired) electrons. The van der Waals surface area contributed by atoms with Crippen molar-refractivity contribution in [3.63, 3.8) is 0 Å². The Balaban J connectivity index is 1.56. The Morgan fingerprint density at radius 1 is 1.32 bits per heavy atom. The maximum atomic E-state index is 12.6. The minimum absolute atomic E-state index is 0.0707. The predicted molar refractivity (Wildman–Crippen MR) is 110 cm³/mol. The smallest absolute Gasteiger partial charge is 0.270 e. The molecule has 1 N–H and O–H groups in total. The Morgan fingerprint density at radius 3 is 2.68 bits per heavy atom. The van der Waals surface area contributed by atoms with Crippen molar-refractivity contribution in [3.05, 3.63) is 45.9 Å². The molecule has 0 saturated carbocycles. The topological polar surface area (TPSA) is 66.9 Å². The fourth-order valence-electron chi connectivity index (χ4n) is 3.14. The van der Waals surface area contributed by atoms with Gasteiger partial charge in [0.05, 0.1) is 32.9 Å². The van der Waals surface area contributed by atoms with Crippen LogP contribution in [0.4, 0.5) is 0 Å². The number of ether oxygens (including phenoxy) is 2. The molecule has 1 amide bonds. The zero-order valence-corrected chi connectivity index (χ0v) is 17.5. The van der Waals surface area contributed by atoms with E-state index in [2.05, 4.69) is 20.1 Å². The van der Waals surface area contributed by atoms with Crippen LogP contribution in [0.25, 0.3) is 0 Å². The molecule has 3 rings (SSSR count). The van der Waals surface area contributed by atoms with Crippen LogP contribution < -0.4 is 10.1 Å². The molecule has 7 nitrogen and oxygen atoms in total. The third kappa shape index (κ3) is 5.51. The minimum Gasteiger partial charge on any atom is -0.497 e. The summed E-state index contributed by atoms with van der Waals surface area (Å²) in [5, 5.41) is 5.82. The number of nitrogens with one attached hydrogen (secondary N) is 1. The van der Waals surface area contributed by atoms with E-state index in [4.69, 9.17) is 9.47 Å². The second-order valence-electron chi connectivity index (χ2n) is 6.98. The molecule has 1 saturated heterocycles. The number of methoxy groups -OCH3 is 1. The fourth-order valence-corrected chi connectivity index (χ4v) is 3.96. The maximum Gasteiger partial charge on any atom is 0.270 e. The van der Waals surface area contributed by atoms with E-state index in [0.717, 1.165) is 49.2 Å². The van der Waals surface area contributed by atoms with E-state index >= 15 is 0 Å². The van der Waals surface area contributed by atoms with Crippen LogP contribution in [0.2, 0.25) is 0 Å². The quantitative estimate of drug-likeness (QED) is 0.726. The van der Waals surface area contributed by atoms with Gasteiger partial charge in [0.1, 0.15) is 16.5 Å². The summed E-state index contributed by atoms with van der Waals surface area (Å²) in [4.78, 5) is 21.5. The number of carbonyl (C=O) groups is 1. The van der Waals surface area contributed by atoms with Crippen LogP contribution in [0.15, 0.2) is 29.6 Å². The number of nitrogens with zero attached hydrogens (tertiary/aromatic N) is 3. The van der Waals surface area contributed by atoms with Gasteiger partial charge < -0.3 is 19.7 Å². The number of hydrogen-bond acceptors (Lipinski definition) is 7. The number of carbonyl (C=O) groups excluding carboxylic acids is 1. The van der Waals surface area contributed by atoms with E-state index < -0.39 is 0 Å². The van der Waals surface area contributed by atoms with E-state index in [9.17, 15) is 4.79 Å². The minimum atomic E-state index is -0.134. The van der Waals surface area contributed by atoms with Gasteiger partial charge in [-0.15, -0.1) is 11.3 Å². The molecule has 1 aliphatic rings. The Kier molecular flexibility index (Phi) is 7.38. The SMILES string of the molecule is COc1ccc(C(CNC(=O)c2csc(CN3CCOCC3)n2)N(C)C)cc1. The molecule has 0 aliphatic carbocycles. The molecule has 2 aromatic rings. The number of benzene rings is 1. The zero-order valence-electron chi connectivity index (χ0n) is 16.7. The molecule has 1 aliphatic heterocycles. The summed E-state index contributed by atoms with van der Waals surface area (Å²) in [6.07, 6.45) is 0. The highest BCUT2D eigenvalue weighted by Crippen LogP contribution is 2.21. The number of rotatable bonds is 8. The van der Waals surface area contributed by atoms with Crippen molar-refractivity contribution >= 4 is 17.2 Å². The highest BCUT2D eigenvalue weighted by atomic mass is 32.1. The van der Waals surface area contributed by atoms with Gasteiger partial charge in [-0.05, 0) is 31.8 Å². The summed E-state index contributed by atoms with van der Waals surface area (Å²) in [5.41, 5.74) is 1.61. The summed E-state index contributed by atoms with van der Waals surface area (Å²) in [7, 11) is 5.66. The van der Waals surface area contributed by atoms with Crippen molar-refractivity contribution in [2.75, 3.05) is 54.1 Å². The molecule has 0 spiro atoms. The van der Waals surface area contributed by atoms with Crippen molar-refractivity contribution in [3.8, 4) is 5.75 Å². The average Bonchev–Trinajstić information content (AvgIpc) is 3.17. The van der Waals surface area contributed by atoms with Gasteiger partial charge in [-0.1, -0.05) is 12.1 Å². The summed E-state index contributed by atoms with van der Waals surface area (Å²) < 4.78 is 10.6. The predicted octanol–water partition coefficient (Wildman–Crippen LogP) is 2.02. The van der Waals surface area contributed by atoms with Gasteiger partial charge in [0.2, 0.25) is 0 Å². The Hall–Kier alpha value is -2.00. The fraction of sp³-hybridized carbons (Fsp3) is 0.500. The summed E-state index contributed by atoms with van der Waals surface area (Å²) in [6, 6.07) is 8.00. The number of hydrogen-bond donors (Lipinski definition) is 1.